The number of hydrogen-bond donors (Lipinski definition) is 1. The van der Waals surface area contributed by atoms with E-state index < -0.39 is 5.97 Å². The van der Waals surface area contributed by atoms with Gasteiger partial charge in [0.05, 0.1) is 19.3 Å². The summed E-state index contributed by atoms with van der Waals surface area (Å²) >= 11 is 0. The first kappa shape index (κ1) is 20.1. The Morgan fingerprint density at radius 3 is 2.54 bits per heavy atom. The number of carbonyl (C=O) groups excluding carboxylic acids is 2. The normalized spacial score (nSPS) is 14.7. The minimum atomic E-state index is -0.564. The Morgan fingerprint density at radius 1 is 1.19 bits per heavy atom. The maximum absolute atomic E-state index is 12.2. The third-order valence-corrected chi connectivity index (χ3v) is 4.40. The predicted octanol–water partition coefficient (Wildman–Crippen LogP) is 3.19. The smallest absolute Gasteiger partial charge is 0.338 e. The van der Waals surface area contributed by atoms with Crippen molar-refractivity contribution in [1.29, 1.82) is 0 Å². The Bertz CT molecular complexity index is 625. The highest BCUT2D eigenvalue weighted by Crippen LogP contribution is 2.32. The van der Waals surface area contributed by atoms with Crippen LogP contribution >= 0.6 is 0 Å². The molecule has 2 rings (SSSR count). The molecule has 1 saturated carbocycles. The van der Waals surface area contributed by atoms with Gasteiger partial charge in [-0.2, -0.15) is 0 Å². The number of nitrogens with one attached hydrogen (secondary N) is 1. The lowest BCUT2D eigenvalue weighted by Gasteiger charge is -2.14. The second-order valence-corrected chi connectivity index (χ2v) is 7.17. The Kier molecular flexibility index (Phi) is 7.30. The number of benzene rings is 1. The van der Waals surface area contributed by atoms with Crippen LogP contribution in [0.1, 0.15) is 50.4 Å². The Labute approximate surface area is 155 Å². The quantitative estimate of drug-likeness (QED) is 0.646. The molecule has 0 unspecified atom stereocenters. The third kappa shape index (κ3) is 6.24. The number of methoxy groups -OCH3 is 1. The van der Waals surface area contributed by atoms with Gasteiger partial charge in [-0.05, 0) is 56.2 Å². The van der Waals surface area contributed by atoms with E-state index in [2.05, 4.69) is 19.2 Å². The molecule has 1 aliphatic rings. The number of amides is 1. The highest BCUT2D eigenvalue weighted by Gasteiger charge is 2.29. The molecule has 6 nitrogen and oxygen atoms in total. The number of carbonyl (C=O) groups is 2. The van der Waals surface area contributed by atoms with Crippen molar-refractivity contribution < 1.29 is 23.8 Å². The summed E-state index contributed by atoms with van der Waals surface area (Å²) < 4.78 is 16.1. The molecule has 0 saturated heterocycles. The number of hydrogen-bond acceptors (Lipinski definition) is 5. The zero-order valence-electron chi connectivity index (χ0n) is 16.0. The van der Waals surface area contributed by atoms with Crippen LogP contribution in [0.4, 0.5) is 0 Å². The van der Waals surface area contributed by atoms with Crippen LogP contribution in [0.5, 0.6) is 11.5 Å². The van der Waals surface area contributed by atoms with E-state index in [0.29, 0.717) is 35.5 Å². The summed E-state index contributed by atoms with van der Waals surface area (Å²) in [6.07, 6.45) is 3.22. The standard InChI is InChI=1S/C20H29NO5/c1-13(2)9-10-25-17-8-7-16(11-18(17)24-4)20(23)26-12-19(22)21-14(3)15-5-6-15/h7-8,11,13-15H,5-6,9-10,12H2,1-4H3,(H,21,22)/t14-/m0/s1. The zero-order valence-corrected chi connectivity index (χ0v) is 16.0. The molecule has 0 spiro atoms. The van der Waals surface area contributed by atoms with E-state index in [9.17, 15) is 9.59 Å². The summed E-state index contributed by atoms with van der Waals surface area (Å²) in [7, 11) is 1.52. The Morgan fingerprint density at radius 2 is 1.92 bits per heavy atom. The molecule has 0 heterocycles. The topological polar surface area (TPSA) is 73.9 Å². The fourth-order valence-electron chi connectivity index (χ4n) is 2.54. The maximum Gasteiger partial charge on any atom is 0.338 e. The fourth-order valence-corrected chi connectivity index (χ4v) is 2.54. The second-order valence-electron chi connectivity index (χ2n) is 7.17. The summed E-state index contributed by atoms with van der Waals surface area (Å²) in [4.78, 5) is 24.0. The summed E-state index contributed by atoms with van der Waals surface area (Å²) in [6, 6.07) is 4.99. The van der Waals surface area contributed by atoms with Crippen LogP contribution in [0.15, 0.2) is 18.2 Å². The summed E-state index contributed by atoms with van der Waals surface area (Å²) in [6.45, 7) is 6.52. The highest BCUT2D eigenvalue weighted by molar-refractivity contribution is 5.92. The predicted molar refractivity (Wildman–Crippen MR) is 98.6 cm³/mol. The van der Waals surface area contributed by atoms with Gasteiger partial charge < -0.3 is 19.5 Å². The molecule has 1 amide bonds. The van der Waals surface area contributed by atoms with Crippen molar-refractivity contribution in [3.63, 3.8) is 0 Å². The molecule has 0 aromatic heterocycles. The van der Waals surface area contributed by atoms with Gasteiger partial charge in [0.25, 0.3) is 5.91 Å². The van der Waals surface area contributed by atoms with Crippen molar-refractivity contribution in [3.8, 4) is 11.5 Å². The molecule has 1 aliphatic carbocycles. The minimum Gasteiger partial charge on any atom is -0.493 e. The van der Waals surface area contributed by atoms with Crippen LogP contribution in [0.3, 0.4) is 0 Å². The Balaban J connectivity index is 1.86. The molecule has 1 aromatic rings. The summed E-state index contributed by atoms with van der Waals surface area (Å²) in [5.41, 5.74) is 0.320. The molecule has 0 bridgehead atoms. The molecule has 1 fully saturated rings. The van der Waals surface area contributed by atoms with E-state index in [0.717, 1.165) is 19.3 Å². The first-order chi connectivity index (χ1) is 12.4. The van der Waals surface area contributed by atoms with Gasteiger partial charge in [0.2, 0.25) is 0 Å². The van der Waals surface area contributed by atoms with E-state index in [4.69, 9.17) is 14.2 Å². The van der Waals surface area contributed by atoms with E-state index in [1.807, 2.05) is 6.92 Å². The second kappa shape index (κ2) is 9.46. The number of rotatable bonds is 10. The van der Waals surface area contributed by atoms with Gasteiger partial charge in [-0.25, -0.2) is 4.79 Å². The molecule has 0 aliphatic heterocycles. The monoisotopic (exact) mass is 363 g/mol. The molecule has 0 radical (unpaired) electrons. The van der Waals surface area contributed by atoms with Crippen LogP contribution in [0.25, 0.3) is 0 Å². The maximum atomic E-state index is 12.2. The number of ether oxygens (including phenoxy) is 3. The van der Waals surface area contributed by atoms with Gasteiger partial charge in [-0.15, -0.1) is 0 Å². The molecule has 1 atom stereocenters. The zero-order chi connectivity index (χ0) is 19.1. The van der Waals surface area contributed by atoms with Crippen molar-refractivity contribution >= 4 is 11.9 Å². The molecular formula is C20H29NO5. The van der Waals surface area contributed by atoms with Crippen LogP contribution < -0.4 is 14.8 Å². The lowest BCUT2D eigenvalue weighted by molar-refractivity contribution is -0.124. The van der Waals surface area contributed by atoms with Crippen LogP contribution in [-0.4, -0.2) is 38.2 Å². The lowest BCUT2D eigenvalue weighted by Crippen LogP contribution is -2.37. The first-order valence-corrected chi connectivity index (χ1v) is 9.18. The van der Waals surface area contributed by atoms with Crippen molar-refractivity contribution in [2.45, 2.75) is 46.1 Å². The van der Waals surface area contributed by atoms with Gasteiger partial charge in [-0.1, -0.05) is 13.8 Å². The summed E-state index contributed by atoms with van der Waals surface area (Å²) in [5.74, 6) is 1.31. The molecule has 144 valence electrons. The molecule has 6 heteroatoms. The minimum absolute atomic E-state index is 0.128. The van der Waals surface area contributed by atoms with Crippen LogP contribution in [0.2, 0.25) is 0 Å². The van der Waals surface area contributed by atoms with Crippen LogP contribution in [0, 0.1) is 11.8 Å². The average molecular weight is 363 g/mol. The van der Waals surface area contributed by atoms with Gasteiger partial charge in [0.1, 0.15) is 0 Å². The third-order valence-electron chi connectivity index (χ3n) is 4.40. The summed E-state index contributed by atoms with van der Waals surface area (Å²) in [5, 5.41) is 2.85. The van der Waals surface area contributed by atoms with E-state index >= 15 is 0 Å². The fraction of sp³-hybridized carbons (Fsp3) is 0.600. The van der Waals surface area contributed by atoms with Gasteiger partial charge in [0.15, 0.2) is 18.1 Å². The molecular weight excluding hydrogens is 334 g/mol. The van der Waals surface area contributed by atoms with Crippen molar-refractivity contribution in [1.82, 2.24) is 5.32 Å². The SMILES string of the molecule is COc1cc(C(=O)OCC(=O)N[C@@H](C)C2CC2)ccc1OCCC(C)C. The van der Waals surface area contributed by atoms with Gasteiger partial charge >= 0.3 is 5.97 Å². The highest BCUT2D eigenvalue weighted by atomic mass is 16.5. The molecule has 1 N–H and O–H groups in total. The van der Waals surface area contributed by atoms with Crippen molar-refractivity contribution in [2.24, 2.45) is 11.8 Å². The van der Waals surface area contributed by atoms with E-state index in [1.54, 1.807) is 18.2 Å². The van der Waals surface area contributed by atoms with E-state index in [1.165, 1.54) is 7.11 Å². The van der Waals surface area contributed by atoms with E-state index in [-0.39, 0.29) is 18.6 Å². The van der Waals surface area contributed by atoms with Gasteiger partial charge in [-0.3, -0.25) is 4.79 Å². The average Bonchev–Trinajstić information content (AvgIpc) is 3.44. The van der Waals surface area contributed by atoms with Crippen molar-refractivity contribution in [2.75, 3.05) is 20.3 Å². The Hall–Kier alpha value is -2.24. The van der Waals surface area contributed by atoms with Crippen molar-refractivity contribution in [3.05, 3.63) is 23.8 Å². The number of esters is 1. The first-order valence-electron chi connectivity index (χ1n) is 9.18. The lowest BCUT2D eigenvalue weighted by atomic mass is 10.1. The molecule has 26 heavy (non-hydrogen) atoms. The largest absolute Gasteiger partial charge is 0.493 e. The molecule has 1 aromatic carbocycles. The van der Waals surface area contributed by atoms with Gasteiger partial charge in [0, 0.05) is 6.04 Å². The van der Waals surface area contributed by atoms with Crippen LogP contribution in [-0.2, 0) is 9.53 Å².